The van der Waals surface area contributed by atoms with Crippen molar-refractivity contribution in [3.8, 4) is 0 Å². The van der Waals surface area contributed by atoms with Gasteiger partial charge in [-0.15, -0.1) is 11.7 Å². The molecule has 0 amide bonds. The van der Waals surface area contributed by atoms with Crippen LogP contribution in [0.4, 0.5) is 8.78 Å². The Kier molecular flexibility index (Phi) is 2.78. The maximum atomic E-state index is 12.8. The lowest BCUT2D eigenvalue weighted by atomic mass is 10.2. The summed E-state index contributed by atoms with van der Waals surface area (Å²) < 4.78 is 25.3. The summed E-state index contributed by atoms with van der Waals surface area (Å²) in [5, 5.41) is 0. The molecule has 0 aliphatic carbocycles. The summed E-state index contributed by atoms with van der Waals surface area (Å²) in [7, 11) is 0.984. The molecule has 11 heavy (non-hydrogen) atoms. The summed E-state index contributed by atoms with van der Waals surface area (Å²) in [5.41, 5.74) is 0.572. The molecule has 0 heterocycles. The third-order valence-electron chi connectivity index (χ3n) is 1.29. The Morgan fingerprint density at radius 2 is 2.00 bits per heavy atom. The van der Waals surface area contributed by atoms with Crippen molar-refractivity contribution in [1.82, 2.24) is 0 Å². The lowest BCUT2D eigenvalue weighted by Crippen LogP contribution is -1.86. The molecule has 60 valence electrons. The van der Waals surface area contributed by atoms with Crippen molar-refractivity contribution in [3.63, 3.8) is 0 Å². The van der Waals surface area contributed by atoms with E-state index >= 15 is 0 Å². The van der Waals surface area contributed by atoms with Gasteiger partial charge < -0.3 is 0 Å². The van der Waals surface area contributed by atoms with Gasteiger partial charge in [0.05, 0.1) is 4.90 Å². The van der Waals surface area contributed by atoms with Crippen LogP contribution in [0.3, 0.4) is 0 Å². The highest BCUT2D eigenvalue weighted by Crippen LogP contribution is 2.28. The molecule has 0 saturated carbocycles. The number of hydrogen-bond acceptors (Lipinski definition) is 2. The van der Waals surface area contributed by atoms with Gasteiger partial charge in [-0.25, -0.2) is 8.78 Å². The summed E-state index contributed by atoms with van der Waals surface area (Å²) in [6.07, 6.45) is 0. The second-order valence-corrected chi connectivity index (χ2v) is 3.26. The molecular formula is C7H6F2S2. The zero-order valence-electron chi connectivity index (χ0n) is 5.77. The Morgan fingerprint density at radius 3 is 2.45 bits per heavy atom. The van der Waals surface area contributed by atoms with Gasteiger partial charge in [0.1, 0.15) is 11.6 Å². The molecule has 0 N–H and O–H groups in total. The van der Waals surface area contributed by atoms with E-state index in [1.807, 2.05) is 0 Å². The van der Waals surface area contributed by atoms with Crippen LogP contribution in [-0.2, 0) is 0 Å². The Labute approximate surface area is 72.8 Å². The molecule has 0 saturated heterocycles. The minimum absolute atomic E-state index is 0.384. The van der Waals surface area contributed by atoms with E-state index < -0.39 is 11.6 Å². The van der Waals surface area contributed by atoms with E-state index in [1.54, 1.807) is 6.92 Å². The first-order valence-corrected chi connectivity index (χ1v) is 4.79. The van der Waals surface area contributed by atoms with Crippen molar-refractivity contribution in [3.05, 3.63) is 29.3 Å². The van der Waals surface area contributed by atoms with Crippen LogP contribution in [0.15, 0.2) is 17.0 Å². The maximum absolute atomic E-state index is 12.8. The van der Waals surface area contributed by atoms with E-state index in [0.29, 0.717) is 10.5 Å². The Bertz CT molecular complexity index is 250. The van der Waals surface area contributed by atoms with Crippen LogP contribution >= 0.6 is 22.5 Å². The molecule has 4 heteroatoms. The average molecular weight is 192 g/mol. The van der Waals surface area contributed by atoms with Gasteiger partial charge in [-0.1, -0.05) is 10.8 Å². The minimum atomic E-state index is -0.553. The van der Waals surface area contributed by atoms with Gasteiger partial charge in [-0.2, -0.15) is 0 Å². The van der Waals surface area contributed by atoms with E-state index in [1.165, 1.54) is 6.07 Å². The van der Waals surface area contributed by atoms with E-state index in [2.05, 4.69) is 11.7 Å². The number of aryl methyl sites for hydroxylation is 1. The Hall–Kier alpha value is -0.220. The Morgan fingerprint density at radius 1 is 1.36 bits per heavy atom. The fourth-order valence-corrected chi connectivity index (χ4v) is 1.85. The van der Waals surface area contributed by atoms with Crippen molar-refractivity contribution in [2.45, 2.75) is 11.8 Å². The normalized spacial score (nSPS) is 10.2. The van der Waals surface area contributed by atoms with Gasteiger partial charge in [-0.05, 0) is 18.6 Å². The zero-order chi connectivity index (χ0) is 8.43. The molecule has 0 atom stereocenters. The second-order valence-electron chi connectivity index (χ2n) is 2.12. The molecular weight excluding hydrogens is 186 g/mol. The van der Waals surface area contributed by atoms with Gasteiger partial charge in [0.2, 0.25) is 0 Å². The molecule has 0 fully saturated rings. The average Bonchev–Trinajstić information content (AvgIpc) is 1.85. The second kappa shape index (κ2) is 3.45. The predicted octanol–water partition coefficient (Wildman–Crippen LogP) is 3.21. The fourth-order valence-electron chi connectivity index (χ4n) is 0.805. The van der Waals surface area contributed by atoms with Crippen LogP contribution in [0.2, 0.25) is 0 Å². The van der Waals surface area contributed by atoms with Crippen molar-refractivity contribution >= 4 is 22.5 Å². The lowest BCUT2D eigenvalue weighted by Gasteiger charge is -2.01. The van der Waals surface area contributed by atoms with E-state index in [9.17, 15) is 8.78 Å². The van der Waals surface area contributed by atoms with E-state index in [0.717, 1.165) is 16.9 Å². The van der Waals surface area contributed by atoms with Crippen molar-refractivity contribution < 1.29 is 8.78 Å². The van der Waals surface area contributed by atoms with Crippen LogP contribution in [0.5, 0.6) is 0 Å². The summed E-state index contributed by atoms with van der Waals surface area (Å²) in [6.45, 7) is 1.64. The molecule has 0 aromatic heterocycles. The molecule has 0 spiro atoms. The fraction of sp³-hybridized carbons (Fsp3) is 0.143. The molecule has 0 nitrogen and oxygen atoms in total. The molecule has 0 unspecified atom stereocenters. The lowest BCUT2D eigenvalue weighted by molar-refractivity contribution is 0.563. The molecule has 1 rings (SSSR count). The molecule has 1 aromatic rings. The molecule has 0 bridgehead atoms. The third kappa shape index (κ3) is 1.87. The van der Waals surface area contributed by atoms with Crippen LogP contribution < -0.4 is 0 Å². The Balaban J connectivity index is 3.25. The largest absolute Gasteiger partial charge is 0.207 e. The molecule has 0 aliphatic rings. The third-order valence-corrected chi connectivity index (χ3v) is 2.53. The highest BCUT2D eigenvalue weighted by atomic mass is 33.1. The summed E-state index contributed by atoms with van der Waals surface area (Å²) in [4.78, 5) is 0.384. The van der Waals surface area contributed by atoms with Crippen LogP contribution in [0.25, 0.3) is 0 Å². The highest BCUT2D eigenvalue weighted by Gasteiger charge is 2.06. The summed E-state index contributed by atoms with van der Waals surface area (Å²) in [5.74, 6) is -1.10. The van der Waals surface area contributed by atoms with Gasteiger partial charge in [0, 0.05) is 6.07 Å². The quantitative estimate of drug-likeness (QED) is 0.526. The van der Waals surface area contributed by atoms with Gasteiger partial charge in [0.15, 0.2) is 0 Å². The van der Waals surface area contributed by atoms with Crippen LogP contribution in [0.1, 0.15) is 5.56 Å². The topological polar surface area (TPSA) is 0 Å². The van der Waals surface area contributed by atoms with E-state index in [4.69, 9.17) is 0 Å². The molecule has 0 aliphatic heterocycles. The molecule has 1 aromatic carbocycles. The van der Waals surface area contributed by atoms with Crippen molar-refractivity contribution in [2.75, 3.05) is 0 Å². The predicted molar refractivity (Wildman–Crippen MR) is 45.9 cm³/mol. The number of benzene rings is 1. The minimum Gasteiger partial charge on any atom is -0.207 e. The number of rotatable bonds is 1. The number of thiol groups is 1. The van der Waals surface area contributed by atoms with Gasteiger partial charge >= 0.3 is 0 Å². The first-order valence-electron chi connectivity index (χ1n) is 2.92. The first kappa shape index (κ1) is 8.87. The molecule has 0 radical (unpaired) electrons. The summed E-state index contributed by atoms with van der Waals surface area (Å²) >= 11 is 3.84. The first-order chi connectivity index (χ1) is 5.15. The van der Waals surface area contributed by atoms with Crippen molar-refractivity contribution in [2.24, 2.45) is 0 Å². The van der Waals surface area contributed by atoms with Crippen LogP contribution in [-0.4, -0.2) is 0 Å². The van der Waals surface area contributed by atoms with Gasteiger partial charge in [0.25, 0.3) is 0 Å². The monoisotopic (exact) mass is 192 g/mol. The standard InChI is InChI=1S/C7H6F2S2/c1-4-2-5(8)3-6(9)7(4)11-10/h2-3,10H,1H3. The number of hydrogen-bond donors (Lipinski definition) is 1. The van der Waals surface area contributed by atoms with Crippen molar-refractivity contribution in [1.29, 1.82) is 0 Å². The highest BCUT2D eigenvalue weighted by molar-refractivity contribution is 8.68. The van der Waals surface area contributed by atoms with Crippen LogP contribution in [0, 0.1) is 18.6 Å². The SMILES string of the molecule is Cc1cc(F)cc(F)c1SS. The number of halogens is 2. The zero-order valence-corrected chi connectivity index (χ0v) is 7.48. The summed E-state index contributed by atoms with van der Waals surface area (Å²) in [6, 6.07) is 2.13. The smallest absolute Gasteiger partial charge is 0.140 e. The van der Waals surface area contributed by atoms with Gasteiger partial charge in [-0.3, -0.25) is 0 Å². The van der Waals surface area contributed by atoms with E-state index in [-0.39, 0.29) is 0 Å². The maximum Gasteiger partial charge on any atom is 0.140 e.